The van der Waals surface area contributed by atoms with Gasteiger partial charge in [-0.3, -0.25) is 14.4 Å². The van der Waals surface area contributed by atoms with Gasteiger partial charge in [0.2, 0.25) is 5.91 Å². The minimum Gasteiger partial charge on any atom is -0.475 e. The molecule has 0 bridgehead atoms. The monoisotopic (exact) mass is 446 g/mol. The summed E-state index contributed by atoms with van der Waals surface area (Å²) >= 11 is 0. The molecule has 3 fully saturated rings. The Morgan fingerprint density at radius 1 is 1.26 bits per heavy atom. The Bertz CT molecular complexity index is 764. The molecule has 1 saturated carbocycles. The largest absolute Gasteiger partial charge is 0.490 e. The Balaban J connectivity index is 0.000000339. The maximum absolute atomic E-state index is 12.9. The van der Waals surface area contributed by atoms with E-state index in [1.54, 1.807) is 0 Å². The maximum Gasteiger partial charge on any atom is 0.490 e. The first-order valence-corrected chi connectivity index (χ1v) is 10.6. The van der Waals surface area contributed by atoms with Crippen LogP contribution in [-0.2, 0) is 27.9 Å². The van der Waals surface area contributed by atoms with Crippen LogP contribution in [0.15, 0.2) is 12.4 Å². The highest BCUT2D eigenvalue weighted by molar-refractivity contribution is 5.79. The second kappa shape index (κ2) is 9.99. The van der Waals surface area contributed by atoms with Gasteiger partial charge in [-0.2, -0.15) is 18.3 Å². The van der Waals surface area contributed by atoms with Gasteiger partial charge in [-0.25, -0.2) is 4.79 Å². The summed E-state index contributed by atoms with van der Waals surface area (Å²) in [6.07, 6.45) is 4.88. The number of fused-ring (bicyclic) bond motifs is 1. The van der Waals surface area contributed by atoms with Crippen molar-refractivity contribution in [3.8, 4) is 0 Å². The van der Waals surface area contributed by atoms with E-state index in [1.165, 1.54) is 18.4 Å². The van der Waals surface area contributed by atoms with Crippen LogP contribution >= 0.6 is 0 Å². The maximum atomic E-state index is 12.9. The number of piperidine rings is 1. The molecule has 0 spiro atoms. The number of likely N-dealkylation sites (tertiary alicyclic amines) is 1. The third-order valence-electron chi connectivity index (χ3n) is 6.12. The lowest BCUT2D eigenvalue weighted by Crippen LogP contribution is -2.53. The molecule has 2 N–H and O–H groups in total. The van der Waals surface area contributed by atoms with Crippen LogP contribution in [-0.4, -0.2) is 69.7 Å². The van der Waals surface area contributed by atoms with E-state index in [0.29, 0.717) is 12.0 Å². The van der Waals surface area contributed by atoms with Crippen molar-refractivity contribution in [3.05, 3.63) is 18.0 Å². The summed E-state index contributed by atoms with van der Waals surface area (Å²) in [5, 5.41) is 14.7. The molecule has 0 aromatic carbocycles. The smallest absolute Gasteiger partial charge is 0.475 e. The normalized spacial score (nSPS) is 26.8. The molecule has 11 heteroatoms. The van der Waals surface area contributed by atoms with Crippen LogP contribution in [0.25, 0.3) is 0 Å². The van der Waals surface area contributed by atoms with E-state index in [2.05, 4.69) is 21.5 Å². The van der Waals surface area contributed by atoms with Gasteiger partial charge >= 0.3 is 12.1 Å². The lowest BCUT2D eigenvalue weighted by atomic mass is 9.82. The summed E-state index contributed by atoms with van der Waals surface area (Å²) in [7, 11) is 1.94. The zero-order chi connectivity index (χ0) is 22.6. The molecule has 3 heterocycles. The fourth-order valence-electron chi connectivity index (χ4n) is 4.65. The molecule has 2 aliphatic heterocycles. The molecule has 4 rings (SSSR count). The zero-order valence-corrected chi connectivity index (χ0v) is 17.5. The summed E-state index contributed by atoms with van der Waals surface area (Å²) in [5.41, 5.74) is 1.20. The summed E-state index contributed by atoms with van der Waals surface area (Å²) in [6.45, 7) is 3.39. The number of aromatic nitrogens is 2. The van der Waals surface area contributed by atoms with Crippen LogP contribution in [0.5, 0.6) is 0 Å². The number of carboxylic acid groups (broad SMARTS) is 1. The summed E-state index contributed by atoms with van der Waals surface area (Å²) < 4.78 is 39.5. The number of halogens is 3. The fraction of sp³-hybridized carbons (Fsp3) is 0.750. The molecule has 0 unspecified atom stereocenters. The molecule has 174 valence electrons. The van der Waals surface area contributed by atoms with E-state index in [-0.39, 0.29) is 17.9 Å². The number of hydrogen-bond donors (Lipinski definition) is 2. The molecular formula is C20H29F3N4O4. The number of hydrogen-bond acceptors (Lipinski definition) is 5. The molecule has 3 aliphatic rings. The Kier molecular flexibility index (Phi) is 7.58. The average molecular weight is 446 g/mol. The standard InChI is InChI=1S/C18H28N4O2.C2HF3O2/c1-21-9-13(8-19-21)10-22-11-16(15-6-7-24-17(15)12-22)18(23)20-14-4-2-3-5-14;3-2(4,5)1(6)7/h8-9,14-17H,2-7,10-12H2,1H3,(H,20,23);(H,6,7)/t15-,16-,17+;/m0./s1. The molecule has 1 amide bonds. The lowest BCUT2D eigenvalue weighted by Gasteiger charge is -2.39. The highest BCUT2D eigenvalue weighted by Crippen LogP contribution is 2.34. The number of amides is 1. The Morgan fingerprint density at radius 2 is 1.94 bits per heavy atom. The molecule has 3 atom stereocenters. The topological polar surface area (TPSA) is 96.7 Å². The molecule has 2 saturated heterocycles. The Labute approximate surface area is 178 Å². The van der Waals surface area contributed by atoms with Crippen molar-refractivity contribution in [3.63, 3.8) is 0 Å². The average Bonchev–Trinajstić information content (AvgIpc) is 3.43. The van der Waals surface area contributed by atoms with Gasteiger partial charge in [0.05, 0.1) is 18.2 Å². The van der Waals surface area contributed by atoms with Crippen molar-refractivity contribution in [2.45, 2.75) is 57.0 Å². The number of rotatable bonds is 4. The first-order valence-electron chi connectivity index (χ1n) is 10.6. The van der Waals surface area contributed by atoms with Gasteiger partial charge in [-0.05, 0) is 19.3 Å². The number of carbonyl (C=O) groups is 2. The number of nitrogens with zero attached hydrogens (tertiary/aromatic N) is 3. The van der Waals surface area contributed by atoms with Crippen LogP contribution in [0.1, 0.15) is 37.7 Å². The van der Waals surface area contributed by atoms with Gasteiger partial charge in [-0.1, -0.05) is 12.8 Å². The minimum atomic E-state index is -5.08. The van der Waals surface area contributed by atoms with Crippen molar-refractivity contribution in [2.75, 3.05) is 19.7 Å². The molecule has 1 aliphatic carbocycles. The number of ether oxygens (including phenoxy) is 1. The van der Waals surface area contributed by atoms with E-state index in [1.807, 2.05) is 17.9 Å². The molecule has 1 aromatic heterocycles. The minimum absolute atomic E-state index is 0.0588. The number of aliphatic carboxylic acids is 1. The summed E-state index contributed by atoms with van der Waals surface area (Å²) in [6, 6.07) is 0.395. The molecule has 31 heavy (non-hydrogen) atoms. The van der Waals surface area contributed by atoms with E-state index >= 15 is 0 Å². The van der Waals surface area contributed by atoms with Crippen LogP contribution < -0.4 is 5.32 Å². The predicted molar refractivity (Wildman–Crippen MR) is 104 cm³/mol. The van der Waals surface area contributed by atoms with Crippen molar-refractivity contribution >= 4 is 11.9 Å². The van der Waals surface area contributed by atoms with Gasteiger partial charge in [0.1, 0.15) is 0 Å². The van der Waals surface area contributed by atoms with Crippen molar-refractivity contribution in [1.82, 2.24) is 20.0 Å². The van der Waals surface area contributed by atoms with Crippen molar-refractivity contribution < 1.29 is 32.6 Å². The van der Waals surface area contributed by atoms with Crippen LogP contribution in [0, 0.1) is 11.8 Å². The fourth-order valence-corrected chi connectivity index (χ4v) is 4.65. The molecule has 8 nitrogen and oxygen atoms in total. The zero-order valence-electron chi connectivity index (χ0n) is 17.5. The molecule has 1 aromatic rings. The number of carbonyl (C=O) groups excluding carboxylic acids is 1. The summed E-state index contributed by atoms with van der Waals surface area (Å²) in [4.78, 5) is 24.1. The SMILES string of the molecule is Cn1cc(CN2C[C@H](C(=O)NC3CCCC3)[C@@H]3CCO[C@@H]3C2)cn1.O=C(O)C(F)(F)F. The van der Waals surface area contributed by atoms with Gasteiger partial charge in [0.25, 0.3) is 0 Å². The molecule has 0 radical (unpaired) electrons. The van der Waals surface area contributed by atoms with Crippen LogP contribution in [0.2, 0.25) is 0 Å². The number of alkyl halides is 3. The Hall–Kier alpha value is -2.14. The van der Waals surface area contributed by atoms with Crippen molar-refractivity contribution in [1.29, 1.82) is 0 Å². The highest BCUT2D eigenvalue weighted by atomic mass is 19.4. The van der Waals surface area contributed by atoms with Crippen LogP contribution in [0.4, 0.5) is 13.2 Å². The summed E-state index contributed by atoms with van der Waals surface area (Å²) in [5.74, 6) is -2.06. The number of carboxylic acids is 1. The van der Waals surface area contributed by atoms with E-state index in [4.69, 9.17) is 14.6 Å². The predicted octanol–water partition coefficient (Wildman–Crippen LogP) is 1.95. The number of nitrogens with one attached hydrogen (secondary N) is 1. The number of aryl methyl sites for hydroxylation is 1. The van der Waals surface area contributed by atoms with E-state index in [9.17, 15) is 18.0 Å². The quantitative estimate of drug-likeness (QED) is 0.734. The second-order valence-corrected chi connectivity index (χ2v) is 8.48. The first kappa shape index (κ1) is 23.5. The van der Waals surface area contributed by atoms with Gasteiger partial charge in [-0.15, -0.1) is 0 Å². The highest BCUT2D eigenvalue weighted by Gasteiger charge is 2.44. The lowest BCUT2D eigenvalue weighted by molar-refractivity contribution is -0.192. The Morgan fingerprint density at radius 3 is 2.52 bits per heavy atom. The van der Waals surface area contributed by atoms with Gasteiger partial charge < -0.3 is 15.2 Å². The van der Waals surface area contributed by atoms with Crippen molar-refractivity contribution in [2.24, 2.45) is 18.9 Å². The van der Waals surface area contributed by atoms with Gasteiger partial charge in [0.15, 0.2) is 0 Å². The first-order chi connectivity index (χ1) is 14.6. The third-order valence-corrected chi connectivity index (χ3v) is 6.12. The van der Waals surface area contributed by atoms with Crippen LogP contribution in [0.3, 0.4) is 0 Å². The van der Waals surface area contributed by atoms with Gasteiger partial charge in [0, 0.05) is 57.0 Å². The molecular weight excluding hydrogens is 417 g/mol. The third kappa shape index (κ3) is 6.42. The van der Waals surface area contributed by atoms with E-state index < -0.39 is 12.1 Å². The second-order valence-electron chi connectivity index (χ2n) is 8.48. The van der Waals surface area contributed by atoms with E-state index in [0.717, 1.165) is 45.5 Å².